The number of aliphatic hydroxyl groups is 1. The Balaban J connectivity index is 3.96. The molecular formula is C9H18F3NO2. The van der Waals surface area contributed by atoms with Crippen molar-refractivity contribution in [3.05, 3.63) is 0 Å². The first-order chi connectivity index (χ1) is 6.74. The topological polar surface area (TPSA) is 32.7 Å². The molecule has 3 nitrogen and oxygen atoms in total. The van der Waals surface area contributed by atoms with E-state index in [4.69, 9.17) is 5.11 Å². The quantitative estimate of drug-likeness (QED) is 0.751. The van der Waals surface area contributed by atoms with Gasteiger partial charge in [0.05, 0.1) is 12.2 Å². The zero-order valence-electron chi connectivity index (χ0n) is 9.21. The first-order valence-electron chi connectivity index (χ1n) is 4.89. The molecule has 0 radical (unpaired) electrons. The van der Waals surface area contributed by atoms with Crippen molar-refractivity contribution in [3.63, 3.8) is 0 Å². The fraction of sp³-hybridized carbons (Fsp3) is 1.00. The van der Waals surface area contributed by atoms with Crippen molar-refractivity contribution in [1.29, 1.82) is 0 Å². The second-order valence-corrected chi connectivity index (χ2v) is 3.58. The van der Waals surface area contributed by atoms with Crippen molar-refractivity contribution in [2.75, 3.05) is 19.6 Å². The van der Waals surface area contributed by atoms with Crippen molar-refractivity contribution in [2.45, 2.75) is 39.3 Å². The predicted molar refractivity (Wildman–Crippen MR) is 50.4 cm³/mol. The lowest BCUT2D eigenvalue weighted by Gasteiger charge is -2.25. The standard InChI is InChI=1S/C9H18F3NO2/c1-4-13(5-7(2)14)6-8(3)15-9(10,11)12/h7-8,14H,4-6H2,1-3H3/t7?,8-/m1/s1. The number of likely N-dealkylation sites (N-methyl/N-ethyl adjacent to an activating group) is 1. The van der Waals surface area contributed by atoms with E-state index in [-0.39, 0.29) is 6.54 Å². The normalized spacial score (nSPS) is 16.8. The summed E-state index contributed by atoms with van der Waals surface area (Å²) in [4.78, 5) is 1.71. The van der Waals surface area contributed by atoms with E-state index >= 15 is 0 Å². The Morgan fingerprint density at radius 3 is 2.13 bits per heavy atom. The number of hydrogen-bond acceptors (Lipinski definition) is 3. The SMILES string of the molecule is CCN(CC(C)O)C[C@@H](C)OC(F)(F)F. The van der Waals surface area contributed by atoms with Gasteiger partial charge >= 0.3 is 6.36 Å². The van der Waals surface area contributed by atoms with Crippen molar-refractivity contribution < 1.29 is 23.0 Å². The van der Waals surface area contributed by atoms with Gasteiger partial charge in [-0.3, -0.25) is 9.64 Å². The number of hydrogen-bond donors (Lipinski definition) is 1. The third-order valence-corrected chi connectivity index (χ3v) is 1.82. The van der Waals surface area contributed by atoms with Crippen LogP contribution in [0, 0.1) is 0 Å². The fourth-order valence-electron chi connectivity index (χ4n) is 1.34. The monoisotopic (exact) mass is 229 g/mol. The maximum Gasteiger partial charge on any atom is 0.522 e. The van der Waals surface area contributed by atoms with Crippen molar-refractivity contribution in [1.82, 2.24) is 4.90 Å². The van der Waals surface area contributed by atoms with Crippen LogP contribution in [0.1, 0.15) is 20.8 Å². The van der Waals surface area contributed by atoms with Gasteiger partial charge in [-0.25, -0.2) is 0 Å². The van der Waals surface area contributed by atoms with Crippen molar-refractivity contribution in [2.24, 2.45) is 0 Å². The smallest absolute Gasteiger partial charge is 0.392 e. The van der Waals surface area contributed by atoms with Gasteiger partial charge in [0, 0.05) is 13.1 Å². The molecule has 0 aliphatic rings. The van der Waals surface area contributed by atoms with Crippen LogP contribution in [0.15, 0.2) is 0 Å². The molecule has 0 aromatic heterocycles. The molecule has 2 atom stereocenters. The van der Waals surface area contributed by atoms with Gasteiger partial charge in [0.1, 0.15) is 0 Å². The summed E-state index contributed by atoms with van der Waals surface area (Å²) in [6, 6.07) is 0. The van der Waals surface area contributed by atoms with E-state index in [1.165, 1.54) is 6.92 Å². The van der Waals surface area contributed by atoms with E-state index in [9.17, 15) is 13.2 Å². The molecule has 1 unspecified atom stereocenters. The molecule has 92 valence electrons. The van der Waals surface area contributed by atoms with Gasteiger partial charge in [-0.05, 0) is 20.4 Å². The second kappa shape index (κ2) is 6.30. The molecule has 0 aliphatic heterocycles. The average molecular weight is 229 g/mol. The molecule has 0 aliphatic carbocycles. The Labute approximate surface area is 87.8 Å². The number of nitrogens with zero attached hydrogens (tertiary/aromatic N) is 1. The van der Waals surface area contributed by atoms with Gasteiger partial charge in [-0.2, -0.15) is 0 Å². The van der Waals surface area contributed by atoms with Crippen LogP contribution in [-0.2, 0) is 4.74 Å². The maximum atomic E-state index is 11.8. The number of halogens is 3. The molecule has 0 saturated carbocycles. The first-order valence-corrected chi connectivity index (χ1v) is 4.89. The van der Waals surface area contributed by atoms with Crippen LogP contribution in [0.2, 0.25) is 0 Å². The molecule has 0 saturated heterocycles. The molecule has 6 heteroatoms. The van der Waals surface area contributed by atoms with E-state index in [2.05, 4.69) is 4.74 Å². The average Bonchev–Trinajstić information content (AvgIpc) is 1.98. The highest BCUT2D eigenvalue weighted by molar-refractivity contribution is 4.64. The van der Waals surface area contributed by atoms with Crippen LogP contribution >= 0.6 is 0 Å². The second-order valence-electron chi connectivity index (χ2n) is 3.58. The number of rotatable bonds is 6. The van der Waals surface area contributed by atoms with Crippen LogP contribution < -0.4 is 0 Å². The van der Waals surface area contributed by atoms with E-state index in [0.717, 1.165) is 0 Å². The lowest BCUT2D eigenvalue weighted by molar-refractivity contribution is -0.341. The van der Waals surface area contributed by atoms with Crippen LogP contribution in [0.4, 0.5) is 13.2 Å². The molecular weight excluding hydrogens is 211 g/mol. The van der Waals surface area contributed by atoms with Gasteiger partial charge in [0.25, 0.3) is 0 Å². The highest BCUT2D eigenvalue weighted by Gasteiger charge is 2.32. The van der Waals surface area contributed by atoms with E-state index in [1.54, 1.807) is 11.8 Å². The molecule has 0 fully saturated rings. The van der Waals surface area contributed by atoms with E-state index < -0.39 is 18.6 Å². The molecule has 1 N–H and O–H groups in total. The van der Waals surface area contributed by atoms with Crippen molar-refractivity contribution >= 4 is 0 Å². The van der Waals surface area contributed by atoms with Gasteiger partial charge in [-0.15, -0.1) is 13.2 Å². The molecule has 15 heavy (non-hydrogen) atoms. The Bertz CT molecular complexity index is 173. The Morgan fingerprint density at radius 1 is 1.27 bits per heavy atom. The Kier molecular flexibility index (Phi) is 6.16. The number of ether oxygens (including phenoxy) is 1. The number of aliphatic hydroxyl groups excluding tert-OH is 1. The molecule has 0 aromatic rings. The minimum Gasteiger partial charge on any atom is -0.392 e. The Morgan fingerprint density at radius 2 is 1.80 bits per heavy atom. The van der Waals surface area contributed by atoms with Crippen LogP contribution in [0.25, 0.3) is 0 Å². The lowest BCUT2D eigenvalue weighted by atomic mass is 10.3. The van der Waals surface area contributed by atoms with E-state index in [1.807, 2.05) is 6.92 Å². The lowest BCUT2D eigenvalue weighted by Crippen LogP contribution is -2.38. The summed E-state index contributed by atoms with van der Waals surface area (Å²) < 4.78 is 39.3. The summed E-state index contributed by atoms with van der Waals surface area (Å²) in [5, 5.41) is 9.09. The summed E-state index contributed by atoms with van der Waals surface area (Å²) in [5.41, 5.74) is 0. The third kappa shape index (κ3) is 8.65. The molecule has 0 aromatic carbocycles. The zero-order valence-corrected chi connectivity index (χ0v) is 9.21. The Hall–Kier alpha value is -0.330. The fourth-order valence-corrected chi connectivity index (χ4v) is 1.34. The van der Waals surface area contributed by atoms with Crippen LogP contribution in [0.3, 0.4) is 0 Å². The highest BCUT2D eigenvalue weighted by atomic mass is 19.4. The summed E-state index contributed by atoms with van der Waals surface area (Å²) in [6.07, 6.45) is -6.07. The summed E-state index contributed by atoms with van der Waals surface area (Å²) in [5.74, 6) is 0. The third-order valence-electron chi connectivity index (χ3n) is 1.82. The molecule has 0 bridgehead atoms. The highest BCUT2D eigenvalue weighted by Crippen LogP contribution is 2.19. The van der Waals surface area contributed by atoms with Gasteiger partial charge in [0.2, 0.25) is 0 Å². The molecule has 0 heterocycles. The first kappa shape index (κ1) is 14.7. The summed E-state index contributed by atoms with van der Waals surface area (Å²) in [6.45, 7) is 5.86. The molecule has 0 rings (SSSR count). The minimum absolute atomic E-state index is 0.154. The van der Waals surface area contributed by atoms with Crippen molar-refractivity contribution in [3.8, 4) is 0 Å². The molecule has 0 amide bonds. The van der Waals surface area contributed by atoms with E-state index in [0.29, 0.717) is 13.1 Å². The summed E-state index contributed by atoms with van der Waals surface area (Å²) in [7, 11) is 0. The van der Waals surface area contributed by atoms with Crippen LogP contribution in [-0.4, -0.2) is 48.2 Å². The maximum absolute atomic E-state index is 11.8. The van der Waals surface area contributed by atoms with Gasteiger partial charge < -0.3 is 5.11 Å². The van der Waals surface area contributed by atoms with Crippen LogP contribution in [0.5, 0.6) is 0 Å². The zero-order chi connectivity index (χ0) is 12.1. The minimum atomic E-state index is -4.59. The van der Waals surface area contributed by atoms with Gasteiger partial charge in [0.15, 0.2) is 0 Å². The number of alkyl halides is 3. The molecule has 0 spiro atoms. The summed E-state index contributed by atoms with van der Waals surface area (Å²) >= 11 is 0. The predicted octanol–water partition coefficient (Wildman–Crippen LogP) is 1.61. The largest absolute Gasteiger partial charge is 0.522 e. The van der Waals surface area contributed by atoms with Gasteiger partial charge in [-0.1, -0.05) is 6.92 Å².